The Hall–Kier alpha value is -3.15. The second kappa shape index (κ2) is 8.69. The van der Waals surface area contributed by atoms with E-state index in [-0.39, 0.29) is 23.9 Å². The van der Waals surface area contributed by atoms with Crippen molar-refractivity contribution in [1.29, 1.82) is 0 Å². The lowest BCUT2D eigenvalue weighted by Gasteiger charge is -2.27. The highest BCUT2D eigenvalue weighted by molar-refractivity contribution is 6.07. The Morgan fingerprint density at radius 2 is 1.79 bits per heavy atom. The van der Waals surface area contributed by atoms with Crippen LogP contribution in [0.15, 0.2) is 36.9 Å². The maximum Gasteiger partial charge on any atom is 0.354 e. The van der Waals surface area contributed by atoms with Crippen molar-refractivity contribution >= 4 is 17.7 Å². The Morgan fingerprint density at radius 3 is 2.32 bits per heavy atom. The second-order valence-electron chi connectivity index (χ2n) is 6.77. The van der Waals surface area contributed by atoms with Crippen molar-refractivity contribution in [3.8, 4) is 0 Å². The predicted octanol–water partition coefficient (Wildman–Crippen LogP) is 3.63. The van der Waals surface area contributed by atoms with E-state index in [2.05, 4.69) is 11.6 Å². The van der Waals surface area contributed by atoms with E-state index >= 15 is 0 Å². The first-order chi connectivity index (χ1) is 13.2. The van der Waals surface area contributed by atoms with Crippen molar-refractivity contribution < 1.29 is 19.1 Å². The number of aromatic nitrogens is 1. The second-order valence-corrected chi connectivity index (χ2v) is 6.77. The van der Waals surface area contributed by atoms with E-state index in [0.717, 1.165) is 5.56 Å². The van der Waals surface area contributed by atoms with Crippen LogP contribution in [0, 0.1) is 20.8 Å². The number of Topliss-reactive ketones (excluding diaryl/α,β-unsaturated/α-hetero) is 1. The Kier molecular flexibility index (Phi) is 6.57. The highest BCUT2D eigenvalue weighted by Gasteiger charge is 2.31. The highest BCUT2D eigenvalue weighted by Crippen LogP contribution is 2.22. The first-order valence-corrected chi connectivity index (χ1v) is 9.03. The monoisotopic (exact) mass is 382 g/mol. The van der Waals surface area contributed by atoms with Gasteiger partial charge in [-0.15, -0.1) is 6.58 Å². The first kappa shape index (κ1) is 21.2. The Bertz CT molecular complexity index is 909. The molecular weight excluding hydrogens is 356 g/mol. The minimum Gasteiger partial charge on any atom is -0.464 e. The summed E-state index contributed by atoms with van der Waals surface area (Å²) in [6, 6.07) is 6.47. The minimum absolute atomic E-state index is 0.228. The topological polar surface area (TPSA) is 79.5 Å². The molecule has 1 atom stereocenters. The minimum atomic E-state index is -0.731. The van der Waals surface area contributed by atoms with Gasteiger partial charge in [-0.25, -0.2) is 4.79 Å². The van der Waals surface area contributed by atoms with Crippen LogP contribution in [0.25, 0.3) is 0 Å². The molecule has 1 aromatic carbocycles. The molecule has 28 heavy (non-hydrogen) atoms. The summed E-state index contributed by atoms with van der Waals surface area (Å²) in [6.07, 6.45) is 1.59. The molecule has 6 heteroatoms. The molecule has 1 amide bonds. The van der Waals surface area contributed by atoms with Crippen LogP contribution in [0.5, 0.6) is 0 Å². The summed E-state index contributed by atoms with van der Waals surface area (Å²) in [5, 5.41) is 0. The van der Waals surface area contributed by atoms with Crippen molar-refractivity contribution in [1.82, 2.24) is 9.88 Å². The van der Waals surface area contributed by atoms with E-state index in [1.54, 1.807) is 39.0 Å². The van der Waals surface area contributed by atoms with Crippen LogP contribution in [0.1, 0.15) is 54.9 Å². The zero-order chi connectivity index (χ0) is 21.0. The third-order valence-corrected chi connectivity index (χ3v) is 4.81. The van der Waals surface area contributed by atoms with Gasteiger partial charge in [-0.3, -0.25) is 9.59 Å². The number of nitrogens with one attached hydrogen (secondary N) is 1. The number of rotatable bonds is 7. The summed E-state index contributed by atoms with van der Waals surface area (Å²) >= 11 is 0. The fourth-order valence-corrected chi connectivity index (χ4v) is 3.19. The molecule has 0 aliphatic carbocycles. The lowest BCUT2D eigenvalue weighted by molar-refractivity contribution is 0.0593. The Balaban J connectivity index is 2.39. The van der Waals surface area contributed by atoms with E-state index in [4.69, 9.17) is 4.74 Å². The molecule has 0 saturated carbocycles. The van der Waals surface area contributed by atoms with Gasteiger partial charge in [-0.1, -0.05) is 23.8 Å². The Morgan fingerprint density at radius 1 is 1.18 bits per heavy atom. The molecule has 0 aliphatic heterocycles. The van der Waals surface area contributed by atoms with Gasteiger partial charge in [0.15, 0.2) is 5.78 Å². The van der Waals surface area contributed by atoms with Crippen LogP contribution in [0.4, 0.5) is 0 Å². The number of benzene rings is 1. The number of hydrogen-bond acceptors (Lipinski definition) is 4. The predicted molar refractivity (Wildman–Crippen MR) is 108 cm³/mol. The SMILES string of the molecule is C=CCN(C(=O)c1ccc(C)cc1)[C@H](C)C(=O)c1c(C)[nH]c(C(=O)OC)c1C. The van der Waals surface area contributed by atoms with Gasteiger partial charge in [0, 0.05) is 23.4 Å². The third-order valence-electron chi connectivity index (χ3n) is 4.81. The van der Waals surface area contributed by atoms with Gasteiger partial charge in [0.05, 0.1) is 13.2 Å². The van der Waals surface area contributed by atoms with Crippen LogP contribution in [-0.4, -0.2) is 47.2 Å². The van der Waals surface area contributed by atoms with Crippen LogP contribution in [0.3, 0.4) is 0 Å². The average molecular weight is 382 g/mol. The standard InChI is InChI=1S/C22H26N2O4/c1-7-12-24(21(26)17-10-8-13(2)9-11-17)16(5)20(25)18-14(3)19(22(27)28-6)23-15(18)4/h7-11,16,23H,1,12H2,2-6H3/t16-/m1/s1. The van der Waals surface area contributed by atoms with E-state index in [1.807, 2.05) is 19.1 Å². The zero-order valence-corrected chi connectivity index (χ0v) is 17.0. The van der Waals surface area contributed by atoms with Crippen molar-refractivity contribution in [2.45, 2.75) is 33.7 Å². The lowest BCUT2D eigenvalue weighted by Crippen LogP contribution is -2.43. The number of esters is 1. The van der Waals surface area contributed by atoms with Crippen molar-refractivity contribution in [3.63, 3.8) is 0 Å². The fourth-order valence-electron chi connectivity index (χ4n) is 3.19. The van der Waals surface area contributed by atoms with Gasteiger partial charge >= 0.3 is 5.97 Å². The number of ether oxygens (including phenoxy) is 1. The average Bonchev–Trinajstić information content (AvgIpc) is 2.98. The lowest BCUT2D eigenvalue weighted by atomic mass is 9.99. The largest absolute Gasteiger partial charge is 0.464 e. The van der Waals surface area contributed by atoms with Gasteiger partial charge in [0.25, 0.3) is 5.91 Å². The molecule has 0 aliphatic rings. The van der Waals surface area contributed by atoms with E-state index in [0.29, 0.717) is 22.4 Å². The molecule has 1 aromatic heterocycles. The van der Waals surface area contributed by atoms with Crippen LogP contribution >= 0.6 is 0 Å². The summed E-state index contributed by atoms with van der Waals surface area (Å²) in [7, 11) is 1.29. The zero-order valence-electron chi connectivity index (χ0n) is 17.0. The molecule has 148 valence electrons. The van der Waals surface area contributed by atoms with E-state index < -0.39 is 12.0 Å². The molecule has 2 rings (SSSR count). The Labute approximate surface area is 165 Å². The molecule has 0 unspecified atom stereocenters. The number of hydrogen-bond donors (Lipinski definition) is 1. The number of aryl methyl sites for hydroxylation is 2. The molecule has 1 heterocycles. The normalized spacial score (nSPS) is 11.6. The molecule has 6 nitrogen and oxygen atoms in total. The van der Waals surface area contributed by atoms with Crippen LogP contribution in [-0.2, 0) is 4.74 Å². The summed E-state index contributed by atoms with van der Waals surface area (Å²) < 4.78 is 4.76. The number of H-pyrrole nitrogens is 1. The molecule has 0 radical (unpaired) electrons. The van der Waals surface area contributed by atoms with Crippen LogP contribution in [0.2, 0.25) is 0 Å². The van der Waals surface area contributed by atoms with E-state index in [1.165, 1.54) is 12.0 Å². The first-order valence-electron chi connectivity index (χ1n) is 9.03. The molecule has 1 N–H and O–H groups in total. The van der Waals surface area contributed by atoms with Gasteiger partial charge in [-0.2, -0.15) is 0 Å². The maximum absolute atomic E-state index is 13.2. The molecule has 0 bridgehead atoms. The quantitative estimate of drug-likeness (QED) is 0.451. The molecule has 2 aromatic rings. The summed E-state index contributed by atoms with van der Waals surface area (Å²) in [5.41, 5.74) is 3.28. The summed E-state index contributed by atoms with van der Waals surface area (Å²) in [4.78, 5) is 42.5. The summed E-state index contributed by atoms with van der Waals surface area (Å²) in [6.45, 7) is 11.0. The number of methoxy groups -OCH3 is 1. The van der Waals surface area contributed by atoms with Crippen molar-refractivity contribution in [2.24, 2.45) is 0 Å². The van der Waals surface area contributed by atoms with E-state index in [9.17, 15) is 14.4 Å². The number of aromatic amines is 1. The number of amides is 1. The smallest absolute Gasteiger partial charge is 0.354 e. The van der Waals surface area contributed by atoms with Gasteiger partial charge in [-0.05, 0) is 45.4 Å². The third kappa shape index (κ3) is 4.06. The fraction of sp³-hybridized carbons (Fsp3) is 0.318. The highest BCUT2D eigenvalue weighted by atomic mass is 16.5. The molecule has 0 fully saturated rings. The van der Waals surface area contributed by atoms with Crippen LogP contribution < -0.4 is 0 Å². The van der Waals surface area contributed by atoms with Crippen molar-refractivity contribution in [3.05, 3.63) is 70.6 Å². The van der Waals surface area contributed by atoms with Gasteiger partial charge in [0.1, 0.15) is 5.69 Å². The number of ketones is 1. The molecule has 0 spiro atoms. The van der Waals surface area contributed by atoms with Crippen molar-refractivity contribution in [2.75, 3.05) is 13.7 Å². The van der Waals surface area contributed by atoms with Gasteiger partial charge in [0.2, 0.25) is 0 Å². The number of carbonyl (C=O) groups excluding carboxylic acids is 3. The number of nitrogens with zero attached hydrogens (tertiary/aromatic N) is 1. The maximum atomic E-state index is 13.2. The summed E-state index contributed by atoms with van der Waals surface area (Å²) in [5.74, 6) is -1.03. The van der Waals surface area contributed by atoms with Gasteiger partial charge < -0.3 is 14.6 Å². The molecular formula is C22H26N2O4. The number of carbonyl (C=O) groups is 3. The molecule has 0 saturated heterocycles.